The Morgan fingerprint density at radius 3 is 2.71 bits per heavy atom. The molecule has 21 heavy (non-hydrogen) atoms. The standard InChI is InChI=1S/C12H17N3O5S/c1-12(2,3)20-11(18)13-4-5-19-15-9(10(16)17)8-6-21-7-14-8/h6-7H,4-5H2,1-3H3,(H,13,18)(H,16,17)/b15-9-. The SMILES string of the molecule is CC(C)(C)OC(=O)NCCO/N=C(\C(=O)O)c1cscn1. The summed E-state index contributed by atoms with van der Waals surface area (Å²) in [5.41, 5.74) is 0.864. The van der Waals surface area contributed by atoms with Gasteiger partial charge in [-0.1, -0.05) is 5.16 Å². The van der Waals surface area contributed by atoms with E-state index in [-0.39, 0.29) is 24.6 Å². The van der Waals surface area contributed by atoms with Crippen LogP contribution in [-0.2, 0) is 14.4 Å². The third-order valence-electron chi connectivity index (χ3n) is 1.89. The van der Waals surface area contributed by atoms with Crippen molar-refractivity contribution >= 4 is 29.1 Å². The number of alkyl carbamates (subject to hydrolysis) is 1. The average molecular weight is 315 g/mol. The molecule has 0 fully saturated rings. The predicted molar refractivity (Wildman–Crippen MR) is 76.5 cm³/mol. The van der Waals surface area contributed by atoms with E-state index in [4.69, 9.17) is 14.7 Å². The van der Waals surface area contributed by atoms with Crippen molar-refractivity contribution in [2.24, 2.45) is 5.16 Å². The minimum atomic E-state index is -1.24. The topological polar surface area (TPSA) is 110 Å². The molecule has 8 nitrogen and oxygen atoms in total. The van der Waals surface area contributed by atoms with Crippen LogP contribution in [0.4, 0.5) is 4.79 Å². The number of ether oxygens (including phenoxy) is 1. The number of oxime groups is 1. The fourth-order valence-electron chi connectivity index (χ4n) is 1.15. The Morgan fingerprint density at radius 1 is 1.48 bits per heavy atom. The molecule has 1 heterocycles. The molecule has 0 aliphatic carbocycles. The fraction of sp³-hybridized carbons (Fsp3) is 0.500. The molecule has 1 rings (SSSR count). The normalized spacial score (nSPS) is 11.9. The number of thiazole rings is 1. The number of aliphatic carboxylic acids is 1. The van der Waals surface area contributed by atoms with Crippen molar-refractivity contribution in [3.63, 3.8) is 0 Å². The minimum absolute atomic E-state index is 0.0140. The molecule has 0 radical (unpaired) electrons. The molecular weight excluding hydrogens is 298 g/mol. The highest BCUT2D eigenvalue weighted by atomic mass is 32.1. The monoisotopic (exact) mass is 315 g/mol. The molecule has 0 aliphatic rings. The zero-order valence-corrected chi connectivity index (χ0v) is 12.8. The predicted octanol–water partition coefficient (Wildman–Crippen LogP) is 1.47. The number of carboxylic acids is 1. The summed E-state index contributed by atoms with van der Waals surface area (Å²) in [6.45, 7) is 5.41. The molecule has 1 aromatic rings. The molecule has 1 aromatic heterocycles. The zero-order valence-electron chi connectivity index (χ0n) is 12.0. The van der Waals surface area contributed by atoms with Gasteiger partial charge in [0.2, 0.25) is 5.71 Å². The second-order valence-corrected chi connectivity index (χ2v) is 5.60. The molecule has 0 aliphatic heterocycles. The molecule has 0 saturated carbocycles. The van der Waals surface area contributed by atoms with Crippen molar-refractivity contribution in [3.05, 3.63) is 16.6 Å². The molecule has 2 N–H and O–H groups in total. The maximum atomic E-state index is 11.3. The fourth-order valence-corrected chi connectivity index (χ4v) is 1.68. The van der Waals surface area contributed by atoms with Gasteiger partial charge in [-0.15, -0.1) is 11.3 Å². The lowest BCUT2D eigenvalue weighted by Gasteiger charge is -2.19. The van der Waals surface area contributed by atoms with Gasteiger partial charge in [0.05, 0.1) is 12.1 Å². The first kappa shape index (κ1) is 16.9. The minimum Gasteiger partial charge on any atom is -0.476 e. The Labute approximate surface area is 125 Å². The van der Waals surface area contributed by atoms with Gasteiger partial charge in [-0.25, -0.2) is 14.6 Å². The molecular formula is C12H17N3O5S. The molecule has 0 unspecified atom stereocenters. The summed E-state index contributed by atoms with van der Waals surface area (Å²) in [6, 6.07) is 0. The number of carbonyl (C=O) groups excluding carboxylic acids is 1. The summed E-state index contributed by atoms with van der Waals surface area (Å²) in [6.07, 6.45) is -0.576. The smallest absolute Gasteiger partial charge is 0.407 e. The van der Waals surface area contributed by atoms with Crippen LogP contribution in [0.5, 0.6) is 0 Å². The molecule has 0 spiro atoms. The Morgan fingerprint density at radius 2 is 2.19 bits per heavy atom. The van der Waals surface area contributed by atoms with Crippen molar-refractivity contribution in [1.82, 2.24) is 10.3 Å². The van der Waals surface area contributed by atoms with E-state index >= 15 is 0 Å². The lowest BCUT2D eigenvalue weighted by atomic mass is 10.2. The van der Waals surface area contributed by atoms with Crippen LogP contribution in [0.25, 0.3) is 0 Å². The first-order valence-electron chi connectivity index (χ1n) is 6.08. The number of nitrogens with one attached hydrogen (secondary N) is 1. The van der Waals surface area contributed by atoms with Gasteiger partial charge in [-0.3, -0.25) is 0 Å². The van der Waals surface area contributed by atoms with Crippen LogP contribution in [0.2, 0.25) is 0 Å². The van der Waals surface area contributed by atoms with Gasteiger partial charge in [0.25, 0.3) is 0 Å². The van der Waals surface area contributed by atoms with Crippen LogP contribution in [0, 0.1) is 0 Å². The quantitative estimate of drug-likeness (QED) is 0.467. The molecule has 116 valence electrons. The van der Waals surface area contributed by atoms with Crippen molar-refractivity contribution < 1.29 is 24.3 Å². The Bertz CT molecular complexity index is 507. The number of amides is 1. The van der Waals surface area contributed by atoms with E-state index in [2.05, 4.69) is 15.5 Å². The van der Waals surface area contributed by atoms with Gasteiger partial charge >= 0.3 is 12.1 Å². The molecule has 0 bridgehead atoms. The van der Waals surface area contributed by atoms with Crippen molar-refractivity contribution in [1.29, 1.82) is 0 Å². The van der Waals surface area contributed by atoms with Gasteiger partial charge in [-0.2, -0.15) is 0 Å². The molecule has 1 amide bonds. The molecule has 0 atom stereocenters. The number of aromatic nitrogens is 1. The van der Waals surface area contributed by atoms with Crippen LogP contribution in [0.3, 0.4) is 0 Å². The maximum Gasteiger partial charge on any atom is 0.407 e. The summed E-state index contributed by atoms with van der Waals surface area (Å²) in [7, 11) is 0. The van der Waals surface area contributed by atoms with Gasteiger partial charge in [-0.05, 0) is 20.8 Å². The van der Waals surface area contributed by atoms with Crippen LogP contribution in [0.15, 0.2) is 16.0 Å². The number of hydrogen-bond acceptors (Lipinski definition) is 7. The number of nitrogens with zero attached hydrogens (tertiary/aromatic N) is 2. The second-order valence-electron chi connectivity index (χ2n) is 4.88. The van der Waals surface area contributed by atoms with E-state index in [0.717, 1.165) is 0 Å². The molecule has 0 aromatic carbocycles. The van der Waals surface area contributed by atoms with Crippen LogP contribution >= 0.6 is 11.3 Å². The van der Waals surface area contributed by atoms with Crippen molar-refractivity contribution in [3.8, 4) is 0 Å². The highest BCUT2D eigenvalue weighted by Gasteiger charge is 2.16. The van der Waals surface area contributed by atoms with E-state index in [1.807, 2.05) is 0 Å². The van der Waals surface area contributed by atoms with Crippen molar-refractivity contribution in [2.45, 2.75) is 26.4 Å². The summed E-state index contributed by atoms with van der Waals surface area (Å²) in [4.78, 5) is 31.0. The first-order valence-corrected chi connectivity index (χ1v) is 7.02. The third-order valence-corrected chi connectivity index (χ3v) is 2.48. The number of carbonyl (C=O) groups is 2. The van der Waals surface area contributed by atoms with Gasteiger partial charge in [0.1, 0.15) is 17.9 Å². The summed E-state index contributed by atoms with van der Waals surface area (Å²) < 4.78 is 5.02. The molecule has 9 heteroatoms. The number of hydrogen-bond donors (Lipinski definition) is 2. The number of rotatable bonds is 6. The first-order chi connectivity index (χ1) is 9.79. The van der Waals surface area contributed by atoms with Gasteiger partial charge < -0.3 is 20.0 Å². The van der Waals surface area contributed by atoms with Crippen molar-refractivity contribution in [2.75, 3.05) is 13.2 Å². The maximum absolute atomic E-state index is 11.3. The lowest BCUT2D eigenvalue weighted by molar-refractivity contribution is -0.129. The summed E-state index contributed by atoms with van der Waals surface area (Å²) >= 11 is 1.25. The Kier molecular flexibility index (Phi) is 6.10. The average Bonchev–Trinajstić information content (AvgIpc) is 2.84. The van der Waals surface area contributed by atoms with Crippen LogP contribution < -0.4 is 5.32 Å². The summed E-state index contributed by atoms with van der Waals surface area (Å²) in [5, 5.41) is 16.5. The van der Waals surface area contributed by atoms with Crippen LogP contribution in [-0.4, -0.2) is 46.6 Å². The highest BCUT2D eigenvalue weighted by Crippen LogP contribution is 2.06. The molecule has 0 saturated heterocycles. The second kappa shape index (κ2) is 7.58. The summed E-state index contributed by atoms with van der Waals surface area (Å²) in [5.74, 6) is -1.24. The largest absolute Gasteiger partial charge is 0.476 e. The van der Waals surface area contributed by atoms with Gasteiger partial charge in [0, 0.05) is 5.38 Å². The number of carboxylic acid groups (broad SMARTS) is 1. The Balaban J connectivity index is 2.37. The van der Waals surface area contributed by atoms with E-state index in [0.29, 0.717) is 0 Å². The van der Waals surface area contributed by atoms with Gasteiger partial charge in [0.15, 0.2) is 0 Å². The van der Waals surface area contributed by atoms with E-state index in [9.17, 15) is 9.59 Å². The van der Waals surface area contributed by atoms with E-state index in [1.54, 1.807) is 26.2 Å². The van der Waals surface area contributed by atoms with E-state index in [1.165, 1.54) is 16.8 Å². The van der Waals surface area contributed by atoms with Crippen LogP contribution in [0.1, 0.15) is 26.5 Å². The zero-order chi connectivity index (χ0) is 15.9. The third kappa shape index (κ3) is 6.70. The van der Waals surface area contributed by atoms with E-state index < -0.39 is 17.7 Å². The Hall–Kier alpha value is -2.16. The lowest BCUT2D eigenvalue weighted by Crippen LogP contribution is -2.34. The highest BCUT2D eigenvalue weighted by molar-refractivity contribution is 7.07.